The standard InChI is InChI=1S/3C22H15Cl4N3O4/c3*23-8-1-9(24)3-11(2-8)29-19(31)16-15-6-12(30)7-28(15)22(17(16)20(29)32)13-4-10(25)5-14(26)18(13)27-21(22)33/h3*1-5,12,15-17,30H,6-7H2,(H,27,33)/t3*12-,15?,16?,17?,22?/m000/s1/i3*16D,17D. The summed E-state index contributed by atoms with van der Waals surface area (Å²) in [6, 6.07) is 17.2. The molecule has 9 saturated heterocycles. The van der Waals surface area contributed by atoms with Gasteiger partial charge in [0, 0.05) is 108 Å². The number of carbonyl (C=O) groups excluding carboxylic acids is 9. The first-order valence-electron chi connectivity index (χ1n) is 33.0. The van der Waals surface area contributed by atoms with Crippen molar-refractivity contribution >= 4 is 227 Å². The molecule has 0 saturated carbocycles. The lowest BCUT2D eigenvalue weighted by molar-refractivity contribution is -0.135. The van der Waals surface area contributed by atoms with Crippen LogP contribution in [-0.2, 0) is 59.8 Å². The molecule has 15 atom stereocenters. The largest absolute Gasteiger partial charge is 0.392 e. The average molecular weight is 1590 g/mol. The first-order valence-corrected chi connectivity index (χ1v) is 34.5. The number of aliphatic hydroxyl groups excluding tert-OH is 3. The summed E-state index contributed by atoms with van der Waals surface area (Å²) in [5.41, 5.74) is -5.76. The maximum atomic E-state index is 14.1. The summed E-state index contributed by atoms with van der Waals surface area (Å²) in [5, 5.41) is 41.0. The number of hydrogen-bond donors (Lipinski definition) is 6. The summed E-state index contributed by atoms with van der Waals surface area (Å²) in [4.78, 5) is 132. The van der Waals surface area contributed by atoms with Crippen molar-refractivity contribution in [1.82, 2.24) is 14.7 Å². The van der Waals surface area contributed by atoms with Gasteiger partial charge in [0.1, 0.15) is 16.6 Å². The number of hydrogen-bond acceptors (Lipinski definition) is 15. The number of nitrogens with zero attached hydrogens (tertiary/aromatic N) is 6. The Labute approximate surface area is 629 Å². The summed E-state index contributed by atoms with van der Waals surface area (Å²) < 4.78 is 57.0. The third-order valence-corrected chi connectivity index (χ3v) is 22.8. The lowest BCUT2D eigenvalue weighted by Crippen LogP contribution is -2.54. The summed E-state index contributed by atoms with van der Waals surface area (Å²) in [7, 11) is 0. The van der Waals surface area contributed by atoms with Gasteiger partial charge in [-0.2, -0.15) is 0 Å². The third kappa shape index (κ3) is 9.47. The highest BCUT2D eigenvalue weighted by Gasteiger charge is 2.79. The van der Waals surface area contributed by atoms with Crippen molar-refractivity contribution < 1.29 is 66.7 Å². The van der Waals surface area contributed by atoms with Gasteiger partial charge in [0.2, 0.25) is 35.4 Å². The number of carbonyl (C=O) groups is 9. The number of anilines is 6. The molecule has 21 nitrogen and oxygen atoms in total. The zero-order valence-corrected chi connectivity index (χ0v) is 58.7. The highest BCUT2D eigenvalue weighted by Crippen LogP contribution is 2.66. The summed E-state index contributed by atoms with van der Waals surface area (Å²) in [6.45, 7) is -0.397. The van der Waals surface area contributed by atoms with Gasteiger partial charge >= 0.3 is 0 Å². The molecule has 9 fully saturated rings. The van der Waals surface area contributed by atoms with Gasteiger partial charge in [-0.05, 0) is 110 Å². The molecule has 0 aliphatic carbocycles. The van der Waals surface area contributed by atoms with Crippen molar-refractivity contribution in [1.29, 1.82) is 0 Å². The summed E-state index contributed by atoms with van der Waals surface area (Å²) in [6.07, 6.45) is -3.25. The van der Waals surface area contributed by atoms with Crippen LogP contribution in [0.2, 0.25) is 60.3 Å². The van der Waals surface area contributed by atoms with Crippen molar-refractivity contribution in [2.45, 2.75) is 72.3 Å². The van der Waals surface area contributed by atoms with Crippen LogP contribution in [0.1, 0.15) is 44.2 Å². The number of aliphatic hydroxyl groups is 3. The van der Waals surface area contributed by atoms with Crippen LogP contribution >= 0.6 is 139 Å². The van der Waals surface area contributed by atoms with E-state index in [0.717, 1.165) is 0 Å². The molecule has 12 unspecified atom stereocenters. The highest BCUT2D eigenvalue weighted by molar-refractivity contribution is 6.42. The van der Waals surface area contributed by atoms with Gasteiger partial charge in [-0.25, -0.2) is 14.7 Å². The Hall–Kier alpha value is -5.61. The fourth-order valence-electron chi connectivity index (χ4n) is 16.7. The molecular weight excluding hydrogens is 1540 g/mol. The van der Waals surface area contributed by atoms with E-state index in [1.807, 2.05) is 0 Å². The maximum absolute atomic E-state index is 14.1. The number of halogens is 12. The first kappa shape index (κ1) is 60.9. The minimum atomic E-state index is -2.65. The molecule has 6 aromatic rings. The Morgan fingerprint density at radius 3 is 0.788 bits per heavy atom. The second-order valence-electron chi connectivity index (χ2n) is 25.2. The number of fused-ring (bicyclic) bond motifs is 21. The van der Waals surface area contributed by atoms with Gasteiger partial charge in [0.05, 0.1) is 103 Å². The van der Waals surface area contributed by atoms with Crippen LogP contribution in [0.15, 0.2) is 91.0 Å². The monoisotopic (exact) mass is 1580 g/mol. The minimum Gasteiger partial charge on any atom is -0.392 e. The lowest BCUT2D eigenvalue weighted by Gasteiger charge is -2.36. The Balaban J connectivity index is 0.000000121. The minimum absolute atomic E-state index is 0.0202. The SMILES string of the molecule is [2H]C12C(=O)N(c3cc(Cl)cc(Cl)c3)C(=O)C1([2H])C1(C(=O)Nc3c(Cl)cc(Cl)cc31)N1C[C@@H](O)CC12.[2H]C12C(=O)N(c3cc(Cl)cc(Cl)c3)C(=O)C1([2H])C1(C(=O)Nc3c(Cl)cc(Cl)cc31)N1C[C@@H](O)CC12.[2H]C12C(=O)N(c3cc(Cl)cc(Cl)c3)C(=O)C1([2H])C1(C(=O)Nc3c(Cl)cc(Cl)cc31)N1C[C@@H](O)CC12. The van der Waals surface area contributed by atoms with Crippen molar-refractivity contribution in [3.63, 3.8) is 0 Å². The Kier molecular flexibility index (Phi) is 14.6. The molecule has 0 aromatic heterocycles. The van der Waals surface area contributed by atoms with Crippen molar-refractivity contribution in [2.75, 3.05) is 50.3 Å². The van der Waals surface area contributed by atoms with E-state index in [9.17, 15) is 66.7 Å². The second-order valence-corrected chi connectivity index (χ2v) is 30.3. The van der Waals surface area contributed by atoms with Crippen molar-refractivity contribution in [3.8, 4) is 0 Å². The Bertz CT molecular complexity index is 4620. The predicted molar refractivity (Wildman–Crippen MR) is 371 cm³/mol. The van der Waals surface area contributed by atoms with Crippen LogP contribution in [-0.4, -0.2) is 139 Å². The molecule has 12 aliphatic rings. The molecule has 6 N–H and O–H groups in total. The normalized spacial score (nSPS) is 37.8. The van der Waals surface area contributed by atoms with E-state index < -0.39 is 142 Å². The average Bonchev–Trinajstić information content (AvgIpc) is 1.47. The van der Waals surface area contributed by atoms with Crippen LogP contribution < -0.4 is 30.7 Å². The molecular formula is C66H45Cl12N9O12. The fraction of sp³-hybridized carbons (Fsp3) is 0.318. The molecule has 12 heterocycles. The zero-order chi connectivity index (χ0) is 75.7. The van der Waals surface area contributed by atoms with E-state index in [0.29, 0.717) is 14.7 Å². The van der Waals surface area contributed by atoms with Gasteiger partial charge in [0.15, 0.2) is 0 Å². The Morgan fingerprint density at radius 2 is 0.556 bits per heavy atom. The molecule has 6 aromatic carbocycles. The topological polar surface area (TPSA) is 270 Å². The van der Waals surface area contributed by atoms with E-state index in [4.69, 9.17) is 139 Å². The van der Waals surface area contributed by atoms with Crippen LogP contribution in [0.5, 0.6) is 0 Å². The third-order valence-electron chi connectivity index (χ3n) is 19.9. The predicted octanol–water partition coefficient (Wildman–Crippen LogP) is 11.1. The van der Waals surface area contributed by atoms with E-state index in [-0.39, 0.29) is 150 Å². The molecule has 12 aliphatic heterocycles. The van der Waals surface area contributed by atoms with Gasteiger partial charge in [-0.3, -0.25) is 57.9 Å². The van der Waals surface area contributed by atoms with Crippen molar-refractivity contribution in [3.05, 3.63) is 168 Å². The molecule has 0 bridgehead atoms. The number of nitrogens with one attached hydrogen (secondary N) is 3. The van der Waals surface area contributed by atoms with E-state index in [1.54, 1.807) is 0 Å². The maximum Gasteiger partial charge on any atom is 0.250 e. The number of imide groups is 3. The summed E-state index contributed by atoms with van der Waals surface area (Å²) >= 11 is 74.5. The van der Waals surface area contributed by atoms with Crippen LogP contribution in [0.3, 0.4) is 0 Å². The van der Waals surface area contributed by atoms with E-state index in [2.05, 4.69) is 16.0 Å². The van der Waals surface area contributed by atoms with E-state index >= 15 is 0 Å². The molecule has 9 amide bonds. The van der Waals surface area contributed by atoms with E-state index in [1.165, 1.54) is 106 Å². The van der Waals surface area contributed by atoms with Crippen LogP contribution in [0, 0.1) is 35.4 Å². The highest BCUT2D eigenvalue weighted by atomic mass is 35.5. The molecule has 33 heteroatoms. The number of rotatable bonds is 3. The molecule has 18 rings (SSSR count). The van der Waals surface area contributed by atoms with Gasteiger partial charge in [0.25, 0.3) is 17.7 Å². The number of amides is 9. The fourth-order valence-corrected chi connectivity index (χ4v) is 19.8. The molecule has 99 heavy (non-hydrogen) atoms. The quantitative estimate of drug-likeness (QED) is 0.0900. The van der Waals surface area contributed by atoms with Crippen LogP contribution in [0.4, 0.5) is 34.1 Å². The van der Waals surface area contributed by atoms with Crippen molar-refractivity contribution in [2.24, 2.45) is 35.4 Å². The molecule has 3 spiro atoms. The zero-order valence-electron chi connectivity index (χ0n) is 55.6. The number of benzene rings is 6. The lowest BCUT2D eigenvalue weighted by atomic mass is 9.75. The van der Waals surface area contributed by atoms with Gasteiger partial charge in [-0.1, -0.05) is 139 Å². The summed E-state index contributed by atoms with van der Waals surface area (Å²) in [5.74, 6) is -24.0. The Morgan fingerprint density at radius 1 is 0.333 bits per heavy atom. The van der Waals surface area contributed by atoms with Gasteiger partial charge in [-0.15, -0.1) is 0 Å². The first-order chi connectivity index (χ1) is 49.1. The van der Waals surface area contributed by atoms with Crippen LogP contribution in [0.25, 0.3) is 0 Å². The van der Waals surface area contributed by atoms with Gasteiger partial charge < -0.3 is 31.3 Å². The smallest absolute Gasteiger partial charge is 0.250 e. The molecule has 0 radical (unpaired) electrons. The molecule has 510 valence electrons. The second kappa shape index (κ2) is 23.7.